The summed E-state index contributed by atoms with van der Waals surface area (Å²) in [6.07, 6.45) is -0.707. The summed E-state index contributed by atoms with van der Waals surface area (Å²) in [5.41, 5.74) is 5.76. The Kier molecular flexibility index (Phi) is 9.55. The minimum absolute atomic E-state index is 0.0112. The van der Waals surface area contributed by atoms with Crippen molar-refractivity contribution in [3.05, 3.63) is 82.4 Å². The number of ether oxygens (including phenoxy) is 2. The van der Waals surface area contributed by atoms with Crippen molar-refractivity contribution in [3.8, 4) is 17.2 Å². The first-order valence-corrected chi connectivity index (χ1v) is 14.4. The van der Waals surface area contributed by atoms with Crippen LogP contribution in [0.2, 0.25) is 0 Å². The van der Waals surface area contributed by atoms with E-state index < -0.39 is 53.0 Å². The number of nitrogen functional groups attached to an aromatic ring is 1. The molecule has 1 heterocycles. The fourth-order valence-corrected chi connectivity index (χ4v) is 5.02. The predicted molar refractivity (Wildman–Crippen MR) is 164 cm³/mol. The summed E-state index contributed by atoms with van der Waals surface area (Å²) in [5, 5.41) is 32.8. The third-order valence-electron chi connectivity index (χ3n) is 7.37. The van der Waals surface area contributed by atoms with Gasteiger partial charge >= 0.3 is 12.1 Å². The zero-order valence-electron chi connectivity index (χ0n) is 25.5. The molecule has 0 aromatic heterocycles. The smallest absolute Gasteiger partial charge is 0.410 e. The van der Waals surface area contributed by atoms with Crippen molar-refractivity contribution in [3.63, 3.8) is 0 Å². The Bertz CT molecular complexity index is 1590. The van der Waals surface area contributed by atoms with Gasteiger partial charge in [-0.1, -0.05) is 6.07 Å². The predicted octanol–water partition coefficient (Wildman–Crippen LogP) is 4.28. The minimum Gasteiger partial charge on any atom is -0.508 e. The van der Waals surface area contributed by atoms with Crippen LogP contribution in [0.4, 0.5) is 10.5 Å². The first-order chi connectivity index (χ1) is 21.2. The monoisotopic (exact) mass is 619 g/mol. The topological polar surface area (TPSA) is 189 Å². The number of hydrogen-bond acceptors (Lipinski definition) is 10. The van der Waals surface area contributed by atoms with Gasteiger partial charge in [0, 0.05) is 29.9 Å². The van der Waals surface area contributed by atoms with Crippen LogP contribution in [0.3, 0.4) is 0 Å². The zero-order valence-corrected chi connectivity index (χ0v) is 25.5. The fraction of sp³-hybridized carbons (Fsp3) is 0.333. The molecule has 0 spiro atoms. The van der Waals surface area contributed by atoms with Gasteiger partial charge in [0.2, 0.25) is 5.78 Å². The van der Waals surface area contributed by atoms with Crippen molar-refractivity contribution >= 4 is 29.4 Å². The van der Waals surface area contributed by atoms with E-state index in [1.807, 2.05) is 0 Å². The van der Waals surface area contributed by atoms with E-state index in [9.17, 15) is 34.5 Å². The van der Waals surface area contributed by atoms with Crippen LogP contribution in [0.15, 0.2) is 54.6 Å². The highest BCUT2D eigenvalue weighted by Crippen LogP contribution is 2.32. The zero-order chi connectivity index (χ0) is 33.1. The molecular weight excluding hydrogens is 582 g/mol. The van der Waals surface area contributed by atoms with Gasteiger partial charge in [-0.3, -0.25) is 9.59 Å². The van der Waals surface area contributed by atoms with Crippen molar-refractivity contribution in [1.82, 2.24) is 10.2 Å². The molecule has 45 heavy (non-hydrogen) atoms. The maximum absolute atomic E-state index is 13.5. The molecule has 1 aliphatic heterocycles. The van der Waals surface area contributed by atoms with E-state index in [1.165, 1.54) is 66.4 Å². The lowest BCUT2D eigenvalue weighted by molar-refractivity contribution is 0.0128. The summed E-state index contributed by atoms with van der Waals surface area (Å²) < 4.78 is 11.4. The number of anilines is 1. The van der Waals surface area contributed by atoms with E-state index >= 15 is 0 Å². The molecule has 4 rings (SSSR count). The molecule has 0 bridgehead atoms. The highest BCUT2D eigenvalue weighted by atomic mass is 16.6. The Balaban J connectivity index is 1.59. The highest BCUT2D eigenvalue weighted by molar-refractivity contribution is 6.14. The lowest BCUT2D eigenvalue weighted by Gasteiger charge is -2.30. The Labute approximate surface area is 260 Å². The largest absolute Gasteiger partial charge is 0.508 e. The molecule has 2 atom stereocenters. The number of ketones is 1. The van der Waals surface area contributed by atoms with Crippen LogP contribution in [0.5, 0.6) is 17.2 Å². The molecular formula is C33H37N3O9. The number of rotatable bonds is 6. The van der Waals surface area contributed by atoms with Gasteiger partial charge in [0.05, 0.1) is 11.6 Å². The van der Waals surface area contributed by atoms with E-state index in [2.05, 4.69) is 5.32 Å². The Hall–Kier alpha value is -5.26. The maximum atomic E-state index is 13.5. The van der Waals surface area contributed by atoms with Crippen LogP contribution in [0.1, 0.15) is 75.8 Å². The average Bonchev–Trinajstić information content (AvgIpc) is 3.15. The molecule has 6 N–H and O–H groups in total. The second-order valence-electron chi connectivity index (χ2n) is 11.8. The number of aromatic hydroxyl groups is 3. The molecule has 1 saturated heterocycles. The summed E-state index contributed by atoms with van der Waals surface area (Å²) in [6, 6.07) is 11.4. The number of nitrogens with zero attached hydrogens (tertiary/aromatic N) is 1. The molecule has 0 radical (unpaired) electrons. The molecule has 0 unspecified atom stereocenters. The van der Waals surface area contributed by atoms with E-state index in [-0.39, 0.29) is 45.8 Å². The SMILES string of the molecule is Cc1c(C(=O)c2c(O)cccc2O)ccc(C(=O)O[C@@H]2CCCN(C(=O)OC(C)(C)C)C[C@H]2NC(=O)c2ccc(O)cc2)c1N. The van der Waals surface area contributed by atoms with Crippen molar-refractivity contribution in [2.45, 2.75) is 58.3 Å². The van der Waals surface area contributed by atoms with E-state index in [4.69, 9.17) is 15.2 Å². The summed E-state index contributed by atoms with van der Waals surface area (Å²) in [6.45, 7) is 7.05. The molecule has 0 saturated carbocycles. The number of nitrogens with one attached hydrogen (secondary N) is 1. The maximum Gasteiger partial charge on any atom is 0.410 e. The second kappa shape index (κ2) is 13.2. The molecule has 238 valence electrons. The first kappa shape index (κ1) is 32.6. The van der Waals surface area contributed by atoms with Crippen LogP contribution in [-0.2, 0) is 9.47 Å². The molecule has 0 aliphatic carbocycles. The van der Waals surface area contributed by atoms with Crippen LogP contribution in [0, 0.1) is 6.92 Å². The second-order valence-corrected chi connectivity index (χ2v) is 11.8. The fourth-order valence-electron chi connectivity index (χ4n) is 5.02. The lowest BCUT2D eigenvalue weighted by Crippen LogP contribution is -2.51. The van der Waals surface area contributed by atoms with Crippen molar-refractivity contribution in [1.29, 1.82) is 0 Å². The highest BCUT2D eigenvalue weighted by Gasteiger charge is 2.35. The van der Waals surface area contributed by atoms with Gasteiger partial charge in [-0.2, -0.15) is 0 Å². The summed E-state index contributed by atoms with van der Waals surface area (Å²) >= 11 is 0. The van der Waals surface area contributed by atoms with Crippen molar-refractivity contribution in [2.75, 3.05) is 18.8 Å². The van der Waals surface area contributed by atoms with Crippen LogP contribution in [-0.4, -0.2) is 74.8 Å². The van der Waals surface area contributed by atoms with E-state index in [0.29, 0.717) is 19.4 Å². The number of hydrogen-bond donors (Lipinski definition) is 5. The standard InChI is InChI=1S/C33H37N3O9/c1-18-21(29(40)27-24(38)7-5-8-25(27)39)14-15-22(28(18)34)31(42)44-26-9-6-16-36(32(43)45-33(2,3)4)17-23(26)35-30(41)19-10-12-20(37)13-11-19/h5,7-8,10-15,23,26,37-39H,6,9,16-17,34H2,1-4H3,(H,35,41)/t23-,26-/m1/s1. The minimum atomic E-state index is -0.870. The van der Waals surface area contributed by atoms with E-state index in [1.54, 1.807) is 20.8 Å². The molecule has 3 aromatic rings. The number of carbonyl (C=O) groups is 4. The van der Waals surface area contributed by atoms with Gasteiger partial charge in [-0.05, 0) is 94.6 Å². The van der Waals surface area contributed by atoms with Crippen LogP contribution in [0.25, 0.3) is 0 Å². The number of nitrogens with two attached hydrogens (primary N) is 1. The summed E-state index contributed by atoms with van der Waals surface area (Å²) in [4.78, 5) is 54.2. The number of amides is 2. The lowest BCUT2D eigenvalue weighted by atomic mass is 9.94. The first-order valence-electron chi connectivity index (χ1n) is 14.4. The number of carbonyl (C=O) groups excluding carboxylic acids is 4. The van der Waals surface area contributed by atoms with Gasteiger partial charge in [0.15, 0.2) is 0 Å². The third kappa shape index (κ3) is 7.64. The van der Waals surface area contributed by atoms with Gasteiger partial charge in [0.25, 0.3) is 5.91 Å². The quantitative estimate of drug-likeness (QED) is 0.151. The van der Waals surface area contributed by atoms with Crippen LogP contribution >= 0.6 is 0 Å². The molecule has 2 amide bonds. The number of phenols is 3. The Morgan fingerprint density at radius 1 is 0.933 bits per heavy atom. The third-order valence-corrected chi connectivity index (χ3v) is 7.37. The number of esters is 1. The van der Waals surface area contributed by atoms with Crippen LogP contribution < -0.4 is 11.1 Å². The van der Waals surface area contributed by atoms with Crippen molar-refractivity contribution < 1.29 is 44.0 Å². The molecule has 1 aliphatic rings. The Morgan fingerprint density at radius 3 is 2.18 bits per heavy atom. The van der Waals surface area contributed by atoms with E-state index in [0.717, 1.165) is 0 Å². The summed E-state index contributed by atoms with van der Waals surface area (Å²) in [7, 11) is 0. The average molecular weight is 620 g/mol. The molecule has 12 heteroatoms. The molecule has 12 nitrogen and oxygen atoms in total. The number of likely N-dealkylation sites (tertiary alicyclic amines) is 1. The summed E-state index contributed by atoms with van der Waals surface area (Å²) in [5.74, 6) is -2.82. The Morgan fingerprint density at radius 2 is 1.56 bits per heavy atom. The molecule has 1 fully saturated rings. The van der Waals surface area contributed by atoms with Gasteiger partial charge < -0.3 is 40.7 Å². The normalized spacial score (nSPS) is 16.8. The van der Waals surface area contributed by atoms with Gasteiger partial charge in [0.1, 0.15) is 34.5 Å². The van der Waals surface area contributed by atoms with Crippen molar-refractivity contribution in [2.24, 2.45) is 0 Å². The number of phenolic OH excluding ortho intramolecular Hbond substituents is 3. The number of benzene rings is 3. The van der Waals surface area contributed by atoms with Gasteiger partial charge in [-0.25, -0.2) is 9.59 Å². The molecule has 3 aromatic carbocycles. The van der Waals surface area contributed by atoms with Gasteiger partial charge in [-0.15, -0.1) is 0 Å².